The van der Waals surface area contributed by atoms with Crippen LogP contribution in [0.2, 0.25) is 0 Å². The fourth-order valence-corrected chi connectivity index (χ4v) is 3.24. The summed E-state index contributed by atoms with van der Waals surface area (Å²) in [4.78, 5) is 0. The molecule has 0 bridgehead atoms. The molecular weight excluding hydrogens is 210 g/mol. The molecule has 1 rings (SSSR count). The van der Waals surface area contributed by atoms with Crippen LogP contribution in [0.25, 0.3) is 0 Å². The summed E-state index contributed by atoms with van der Waals surface area (Å²) in [6.07, 6.45) is 2.70. The van der Waals surface area contributed by atoms with E-state index in [0.717, 1.165) is 25.8 Å². The van der Waals surface area contributed by atoms with Crippen molar-refractivity contribution in [1.29, 1.82) is 0 Å². The van der Waals surface area contributed by atoms with Gasteiger partial charge in [-0.3, -0.25) is 0 Å². The van der Waals surface area contributed by atoms with Crippen LogP contribution >= 0.6 is 0 Å². The highest BCUT2D eigenvalue weighted by atomic mass is 32.2. The minimum absolute atomic E-state index is 0.355. The molecule has 1 aliphatic rings. The summed E-state index contributed by atoms with van der Waals surface area (Å²) in [6, 6.07) is 0.413. The zero-order chi connectivity index (χ0) is 11.5. The van der Waals surface area contributed by atoms with E-state index in [9.17, 15) is 8.42 Å². The van der Waals surface area contributed by atoms with E-state index in [0.29, 0.717) is 23.0 Å². The monoisotopic (exact) mass is 233 g/mol. The molecule has 1 aliphatic heterocycles. The molecule has 0 saturated carbocycles. The lowest BCUT2D eigenvalue weighted by Crippen LogP contribution is -2.38. The SMILES string of the molecule is CC(C)(C)CCNC1CCS(=O)(=O)CC1. The second kappa shape index (κ2) is 4.83. The second-order valence-corrected chi connectivity index (χ2v) is 7.99. The summed E-state index contributed by atoms with van der Waals surface area (Å²) in [5, 5.41) is 3.45. The molecule has 0 aliphatic carbocycles. The zero-order valence-corrected chi connectivity index (χ0v) is 10.9. The molecule has 0 aromatic rings. The first kappa shape index (κ1) is 13.0. The van der Waals surface area contributed by atoms with Crippen molar-refractivity contribution in [1.82, 2.24) is 5.32 Å². The maximum atomic E-state index is 11.2. The van der Waals surface area contributed by atoms with E-state index in [4.69, 9.17) is 0 Å². The van der Waals surface area contributed by atoms with Crippen molar-refractivity contribution in [3.8, 4) is 0 Å². The lowest BCUT2D eigenvalue weighted by molar-refractivity contribution is 0.347. The molecule has 0 unspecified atom stereocenters. The smallest absolute Gasteiger partial charge is 0.150 e. The van der Waals surface area contributed by atoms with Crippen LogP contribution in [0.3, 0.4) is 0 Å². The lowest BCUT2D eigenvalue weighted by atomic mass is 9.92. The van der Waals surface area contributed by atoms with Gasteiger partial charge in [-0.15, -0.1) is 0 Å². The molecule has 4 heteroatoms. The van der Waals surface area contributed by atoms with Crippen LogP contribution in [0.5, 0.6) is 0 Å². The van der Waals surface area contributed by atoms with Gasteiger partial charge in [-0.2, -0.15) is 0 Å². The Labute approximate surface area is 93.6 Å². The Bertz CT molecular complexity index is 276. The predicted octanol–water partition coefficient (Wildman–Crippen LogP) is 1.59. The van der Waals surface area contributed by atoms with Gasteiger partial charge in [-0.25, -0.2) is 8.42 Å². The van der Waals surface area contributed by atoms with E-state index in [1.807, 2.05) is 0 Å². The Morgan fingerprint density at radius 1 is 1.20 bits per heavy atom. The Kier molecular flexibility index (Phi) is 4.18. The normalized spacial score (nSPS) is 22.9. The van der Waals surface area contributed by atoms with Crippen molar-refractivity contribution >= 4 is 9.84 Å². The molecule has 1 saturated heterocycles. The van der Waals surface area contributed by atoms with Gasteiger partial charge in [0.1, 0.15) is 9.84 Å². The van der Waals surface area contributed by atoms with Crippen LogP contribution in [-0.4, -0.2) is 32.5 Å². The Hall–Kier alpha value is -0.0900. The summed E-state index contributed by atoms with van der Waals surface area (Å²) in [5.74, 6) is 0.723. The molecule has 15 heavy (non-hydrogen) atoms. The van der Waals surface area contributed by atoms with Gasteiger partial charge in [-0.1, -0.05) is 20.8 Å². The summed E-state index contributed by atoms with van der Waals surface area (Å²) >= 11 is 0. The van der Waals surface area contributed by atoms with Gasteiger partial charge < -0.3 is 5.32 Å². The molecular formula is C11H23NO2S. The maximum absolute atomic E-state index is 11.2. The third kappa shape index (κ3) is 5.52. The third-order valence-electron chi connectivity index (χ3n) is 2.86. The fraction of sp³-hybridized carbons (Fsp3) is 1.00. The van der Waals surface area contributed by atoms with Crippen LogP contribution in [0.1, 0.15) is 40.0 Å². The van der Waals surface area contributed by atoms with Gasteiger partial charge in [0.05, 0.1) is 11.5 Å². The average molecular weight is 233 g/mol. The Balaban J connectivity index is 2.20. The molecule has 0 atom stereocenters. The van der Waals surface area contributed by atoms with E-state index in [1.54, 1.807) is 0 Å². The van der Waals surface area contributed by atoms with E-state index in [2.05, 4.69) is 26.1 Å². The van der Waals surface area contributed by atoms with Crippen molar-refractivity contribution in [3.05, 3.63) is 0 Å². The van der Waals surface area contributed by atoms with Gasteiger partial charge >= 0.3 is 0 Å². The Morgan fingerprint density at radius 2 is 1.73 bits per heavy atom. The number of rotatable bonds is 3. The van der Waals surface area contributed by atoms with Crippen LogP contribution in [0.4, 0.5) is 0 Å². The number of nitrogens with one attached hydrogen (secondary N) is 1. The maximum Gasteiger partial charge on any atom is 0.150 e. The highest BCUT2D eigenvalue weighted by Crippen LogP contribution is 2.18. The van der Waals surface area contributed by atoms with Gasteiger partial charge in [0.15, 0.2) is 0 Å². The Morgan fingerprint density at radius 3 is 2.20 bits per heavy atom. The van der Waals surface area contributed by atoms with Crippen molar-refractivity contribution in [2.75, 3.05) is 18.1 Å². The molecule has 0 amide bonds. The van der Waals surface area contributed by atoms with E-state index in [1.165, 1.54) is 0 Å². The average Bonchev–Trinajstić information content (AvgIpc) is 2.06. The summed E-state index contributed by atoms with van der Waals surface area (Å²) < 4.78 is 22.4. The van der Waals surface area contributed by atoms with Gasteiger partial charge in [0.25, 0.3) is 0 Å². The topological polar surface area (TPSA) is 46.2 Å². The lowest BCUT2D eigenvalue weighted by Gasteiger charge is -2.25. The number of hydrogen-bond donors (Lipinski definition) is 1. The third-order valence-corrected chi connectivity index (χ3v) is 4.58. The van der Waals surface area contributed by atoms with E-state index in [-0.39, 0.29) is 0 Å². The van der Waals surface area contributed by atoms with Crippen molar-refractivity contribution < 1.29 is 8.42 Å². The standard InChI is InChI=1S/C11H23NO2S/c1-11(2,3)6-7-12-10-4-8-15(13,14)9-5-10/h10,12H,4-9H2,1-3H3. The molecule has 1 fully saturated rings. The molecule has 0 spiro atoms. The highest BCUT2D eigenvalue weighted by Gasteiger charge is 2.23. The van der Waals surface area contributed by atoms with Gasteiger partial charge in [-0.05, 0) is 31.2 Å². The molecule has 1 N–H and O–H groups in total. The van der Waals surface area contributed by atoms with Crippen molar-refractivity contribution in [2.24, 2.45) is 5.41 Å². The first-order valence-corrected chi connectivity index (χ1v) is 7.54. The first-order valence-electron chi connectivity index (χ1n) is 5.72. The fourth-order valence-electron chi connectivity index (χ4n) is 1.75. The van der Waals surface area contributed by atoms with Gasteiger partial charge in [0, 0.05) is 6.04 Å². The first-order chi connectivity index (χ1) is 6.79. The molecule has 0 radical (unpaired) electrons. The zero-order valence-electron chi connectivity index (χ0n) is 10.0. The summed E-state index contributed by atoms with van der Waals surface area (Å²) in [5.41, 5.74) is 0.355. The second-order valence-electron chi connectivity index (χ2n) is 5.69. The highest BCUT2D eigenvalue weighted by molar-refractivity contribution is 7.91. The molecule has 3 nitrogen and oxygen atoms in total. The van der Waals surface area contributed by atoms with Crippen molar-refractivity contribution in [3.63, 3.8) is 0 Å². The number of sulfone groups is 1. The largest absolute Gasteiger partial charge is 0.314 e. The predicted molar refractivity (Wildman–Crippen MR) is 63.8 cm³/mol. The van der Waals surface area contributed by atoms with E-state index >= 15 is 0 Å². The number of hydrogen-bond acceptors (Lipinski definition) is 3. The van der Waals surface area contributed by atoms with Crippen LogP contribution in [0, 0.1) is 5.41 Å². The minimum Gasteiger partial charge on any atom is -0.314 e. The van der Waals surface area contributed by atoms with Gasteiger partial charge in [0.2, 0.25) is 0 Å². The quantitative estimate of drug-likeness (QED) is 0.805. The summed E-state index contributed by atoms with van der Waals surface area (Å²) in [7, 11) is -2.71. The summed E-state index contributed by atoms with van der Waals surface area (Å²) in [6.45, 7) is 7.66. The van der Waals surface area contributed by atoms with Crippen LogP contribution < -0.4 is 5.32 Å². The van der Waals surface area contributed by atoms with Crippen LogP contribution in [0.15, 0.2) is 0 Å². The van der Waals surface area contributed by atoms with E-state index < -0.39 is 9.84 Å². The molecule has 1 heterocycles. The van der Waals surface area contributed by atoms with Crippen molar-refractivity contribution in [2.45, 2.75) is 46.1 Å². The van der Waals surface area contributed by atoms with Crippen LogP contribution in [-0.2, 0) is 9.84 Å². The molecule has 0 aromatic heterocycles. The molecule has 0 aromatic carbocycles. The molecule has 90 valence electrons. The minimum atomic E-state index is -2.71.